The van der Waals surface area contributed by atoms with Crippen molar-refractivity contribution in [1.82, 2.24) is 10.7 Å². The summed E-state index contributed by atoms with van der Waals surface area (Å²) in [5.41, 5.74) is 3.40. The topological polar surface area (TPSA) is 127 Å². The Morgan fingerprint density at radius 1 is 1.19 bits per heavy atom. The number of anilines is 1. The van der Waals surface area contributed by atoms with E-state index in [-0.39, 0.29) is 25.2 Å². The van der Waals surface area contributed by atoms with E-state index in [1.54, 1.807) is 36.4 Å². The van der Waals surface area contributed by atoms with Gasteiger partial charge in [0.15, 0.2) is 18.1 Å². The Balaban J connectivity index is 1.55. The molecule has 0 radical (unpaired) electrons. The monoisotopic (exact) mass is 628 g/mol. The normalized spacial score (nSPS) is 14.9. The van der Waals surface area contributed by atoms with Crippen LogP contribution in [0.2, 0.25) is 5.02 Å². The van der Waals surface area contributed by atoms with Crippen LogP contribution in [-0.2, 0) is 19.1 Å². The van der Waals surface area contributed by atoms with Crippen LogP contribution in [0.25, 0.3) is 0 Å². The molecule has 2 aromatic carbocycles. The fraction of sp³-hybridized carbons (Fsp3) is 0.333. The Bertz CT molecular complexity index is 1110. The van der Waals surface area contributed by atoms with Gasteiger partial charge < -0.3 is 24.8 Å². The summed E-state index contributed by atoms with van der Waals surface area (Å²) in [6, 6.07) is 10.1. The van der Waals surface area contributed by atoms with Crippen LogP contribution in [0.5, 0.6) is 11.5 Å². The average molecular weight is 629 g/mol. The van der Waals surface area contributed by atoms with Crippen molar-refractivity contribution >= 4 is 63.8 Å². The van der Waals surface area contributed by atoms with Gasteiger partial charge in [0, 0.05) is 23.9 Å². The van der Waals surface area contributed by atoms with Crippen LogP contribution in [0.4, 0.5) is 5.69 Å². The molecule has 1 saturated heterocycles. The van der Waals surface area contributed by atoms with Crippen LogP contribution in [0, 0.1) is 3.57 Å². The molecule has 0 saturated carbocycles. The highest BCUT2D eigenvalue weighted by atomic mass is 127. The molecule has 0 unspecified atom stereocenters. The van der Waals surface area contributed by atoms with Crippen molar-refractivity contribution in [1.29, 1.82) is 0 Å². The summed E-state index contributed by atoms with van der Waals surface area (Å²) >= 11 is 7.91. The first-order chi connectivity index (χ1) is 17.4. The molecular weight excluding hydrogens is 603 g/mol. The summed E-state index contributed by atoms with van der Waals surface area (Å²) in [5, 5.41) is 9.68. The number of carbonyl (C=O) groups excluding carboxylic acids is 3. The van der Waals surface area contributed by atoms with E-state index in [0.717, 1.165) is 12.8 Å². The smallest absolute Gasteiger partial charge is 0.329 e. The number of halogens is 2. The van der Waals surface area contributed by atoms with E-state index in [1.807, 2.05) is 6.92 Å². The Morgan fingerprint density at radius 2 is 1.97 bits per heavy atom. The predicted octanol–water partition coefficient (Wildman–Crippen LogP) is 3.11. The lowest BCUT2D eigenvalue weighted by molar-refractivity contribution is -0.139. The van der Waals surface area contributed by atoms with Gasteiger partial charge in [-0.25, -0.2) is 5.43 Å². The van der Waals surface area contributed by atoms with E-state index >= 15 is 0 Å². The lowest BCUT2D eigenvalue weighted by Gasteiger charge is -2.14. The molecule has 192 valence electrons. The minimum Gasteiger partial charge on any atom is -0.490 e. The molecule has 0 bridgehead atoms. The summed E-state index contributed by atoms with van der Waals surface area (Å²) in [6.45, 7) is 2.90. The molecular formula is C24H26ClIN4O6. The molecule has 0 spiro atoms. The van der Waals surface area contributed by atoms with Gasteiger partial charge in [0.2, 0.25) is 0 Å². The molecule has 3 N–H and O–H groups in total. The number of amides is 3. The zero-order valence-electron chi connectivity index (χ0n) is 19.5. The van der Waals surface area contributed by atoms with Gasteiger partial charge in [-0.2, -0.15) is 5.10 Å². The quantitative estimate of drug-likeness (QED) is 0.161. The molecule has 36 heavy (non-hydrogen) atoms. The van der Waals surface area contributed by atoms with Crippen LogP contribution in [0.3, 0.4) is 0 Å². The number of hydrogen-bond donors (Lipinski definition) is 3. The molecule has 2 aromatic rings. The maximum absolute atomic E-state index is 12.3. The minimum absolute atomic E-state index is 0.0615. The molecule has 0 aromatic heterocycles. The van der Waals surface area contributed by atoms with E-state index in [4.69, 9.17) is 25.8 Å². The third-order valence-corrected chi connectivity index (χ3v) is 5.96. The van der Waals surface area contributed by atoms with Crippen molar-refractivity contribution in [2.45, 2.75) is 25.9 Å². The Morgan fingerprint density at radius 3 is 2.67 bits per heavy atom. The molecule has 3 rings (SSSR count). The van der Waals surface area contributed by atoms with Crippen LogP contribution in [0.1, 0.15) is 25.3 Å². The van der Waals surface area contributed by atoms with Crippen LogP contribution in [-0.4, -0.2) is 56.4 Å². The number of nitrogens with one attached hydrogen (secondary N) is 3. The van der Waals surface area contributed by atoms with Crippen molar-refractivity contribution in [3.63, 3.8) is 0 Å². The number of nitrogens with zero attached hydrogens (tertiary/aromatic N) is 1. The minimum atomic E-state index is -0.879. The van der Waals surface area contributed by atoms with Crippen molar-refractivity contribution in [3.05, 3.63) is 50.6 Å². The standard InChI is InChI=1S/C24H26ClIN4O6/c1-2-34-20-11-15(12-28-30-24(33)23(32)27-13-18-4-3-9-35-18)10-19(26)22(20)36-14-21(31)29-17-7-5-16(25)6-8-17/h5-8,10-12,18H,2-4,9,13-14H2,1H3,(H,27,32)(H,29,31)(H,30,33)/b28-12-/t18-/m1/s1. The number of ether oxygens (including phenoxy) is 3. The lowest BCUT2D eigenvalue weighted by Crippen LogP contribution is -2.41. The van der Waals surface area contributed by atoms with Gasteiger partial charge in [0.1, 0.15) is 0 Å². The Labute approximate surface area is 227 Å². The van der Waals surface area contributed by atoms with E-state index in [1.165, 1.54) is 6.21 Å². The van der Waals surface area contributed by atoms with Crippen LogP contribution in [0.15, 0.2) is 41.5 Å². The second-order valence-electron chi connectivity index (χ2n) is 7.65. The SMILES string of the molecule is CCOc1cc(/C=N\NC(=O)C(=O)NC[C@H]2CCCO2)cc(I)c1OCC(=O)Nc1ccc(Cl)cc1. The third-order valence-electron chi connectivity index (χ3n) is 4.91. The van der Waals surface area contributed by atoms with Gasteiger partial charge in [0.25, 0.3) is 5.91 Å². The predicted molar refractivity (Wildman–Crippen MR) is 144 cm³/mol. The Hall–Kier alpha value is -2.90. The molecule has 1 heterocycles. The summed E-state index contributed by atoms with van der Waals surface area (Å²) in [4.78, 5) is 36.2. The fourth-order valence-electron chi connectivity index (χ4n) is 3.24. The first-order valence-electron chi connectivity index (χ1n) is 11.2. The molecule has 0 aliphatic carbocycles. The summed E-state index contributed by atoms with van der Waals surface area (Å²) < 4.78 is 17.5. The number of rotatable bonds is 10. The lowest BCUT2D eigenvalue weighted by atomic mass is 10.2. The first kappa shape index (κ1) is 27.7. The highest BCUT2D eigenvalue weighted by molar-refractivity contribution is 14.1. The van der Waals surface area contributed by atoms with Crippen LogP contribution >= 0.6 is 34.2 Å². The largest absolute Gasteiger partial charge is 0.490 e. The average Bonchev–Trinajstić information content (AvgIpc) is 3.37. The van der Waals surface area contributed by atoms with Crippen molar-refractivity contribution in [3.8, 4) is 11.5 Å². The summed E-state index contributed by atoms with van der Waals surface area (Å²) in [5.74, 6) is -1.20. The second-order valence-corrected chi connectivity index (χ2v) is 9.25. The fourth-order valence-corrected chi connectivity index (χ4v) is 4.15. The Kier molecular flexibility index (Phi) is 10.8. The van der Waals surface area contributed by atoms with Crippen molar-refractivity contribution in [2.24, 2.45) is 5.10 Å². The van der Waals surface area contributed by atoms with Gasteiger partial charge >= 0.3 is 11.8 Å². The highest BCUT2D eigenvalue weighted by Gasteiger charge is 2.19. The van der Waals surface area contributed by atoms with E-state index in [2.05, 4.69) is 43.8 Å². The summed E-state index contributed by atoms with van der Waals surface area (Å²) in [7, 11) is 0. The summed E-state index contributed by atoms with van der Waals surface area (Å²) in [6.07, 6.45) is 3.12. The van der Waals surface area contributed by atoms with Crippen LogP contribution < -0.4 is 25.5 Å². The van der Waals surface area contributed by atoms with E-state index in [9.17, 15) is 14.4 Å². The first-order valence-corrected chi connectivity index (χ1v) is 12.7. The van der Waals surface area contributed by atoms with Gasteiger partial charge in [-0.05, 0) is 84.3 Å². The maximum atomic E-state index is 12.3. The molecule has 1 aliphatic heterocycles. The van der Waals surface area contributed by atoms with Crippen molar-refractivity contribution in [2.75, 3.05) is 31.7 Å². The van der Waals surface area contributed by atoms with Gasteiger partial charge in [-0.3, -0.25) is 14.4 Å². The van der Waals surface area contributed by atoms with Gasteiger partial charge in [0.05, 0.1) is 22.5 Å². The molecule has 1 atom stereocenters. The third kappa shape index (κ3) is 8.64. The molecule has 1 aliphatic rings. The zero-order valence-corrected chi connectivity index (χ0v) is 22.4. The number of carbonyl (C=O) groups is 3. The maximum Gasteiger partial charge on any atom is 0.329 e. The van der Waals surface area contributed by atoms with E-state index < -0.39 is 11.8 Å². The number of benzene rings is 2. The molecule has 3 amide bonds. The molecule has 1 fully saturated rings. The number of hydrogen-bond acceptors (Lipinski definition) is 7. The number of hydrazone groups is 1. The second kappa shape index (κ2) is 14.0. The zero-order chi connectivity index (χ0) is 25.9. The van der Waals surface area contributed by atoms with E-state index in [0.29, 0.717) is 44.6 Å². The van der Waals surface area contributed by atoms with Gasteiger partial charge in [-0.1, -0.05) is 11.6 Å². The highest BCUT2D eigenvalue weighted by Crippen LogP contribution is 2.34. The molecule has 10 nitrogen and oxygen atoms in total. The van der Waals surface area contributed by atoms with Crippen molar-refractivity contribution < 1.29 is 28.6 Å². The van der Waals surface area contributed by atoms with Gasteiger partial charge in [-0.15, -0.1) is 0 Å². The molecule has 12 heteroatoms.